The molecule has 0 radical (unpaired) electrons. The van der Waals surface area contributed by atoms with Crippen LogP contribution in [0.25, 0.3) is 0 Å². The normalized spacial score (nSPS) is 11.3. The van der Waals surface area contributed by atoms with Gasteiger partial charge in [0.1, 0.15) is 11.5 Å². The Balaban J connectivity index is 1.44. The molecule has 0 saturated heterocycles. The first kappa shape index (κ1) is 23.4. The molecule has 0 spiro atoms. The summed E-state index contributed by atoms with van der Waals surface area (Å²) in [6, 6.07) is 21.4. The molecule has 32 heavy (non-hydrogen) atoms. The fourth-order valence-electron chi connectivity index (χ4n) is 2.74. The van der Waals surface area contributed by atoms with Gasteiger partial charge in [-0.15, -0.1) is 0 Å². The number of carbonyl (C=O) groups is 2. The molecule has 3 aromatic rings. The topological polar surface area (TPSA) is 76.7 Å². The Kier molecular flexibility index (Phi) is 8.36. The fourth-order valence-corrected chi connectivity index (χ4v) is 3.19. The molecule has 0 saturated carbocycles. The number of amides is 2. The highest BCUT2D eigenvalue weighted by molar-refractivity contribution is 6.35. The van der Waals surface area contributed by atoms with Crippen LogP contribution in [0, 0.1) is 0 Å². The SMILES string of the molecule is CC(Oc1ccc(Cl)cc1Cl)C(=O)NNC(=O)c1ccc(OCCc2ccccc2)cc1. The average Bonchev–Trinajstić information content (AvgIpc) is 2.80. The summed E-state index contributed by atoms with van der Waals surface area (Å²) in [5, 5.41) is 0.742. The van der Waals surface area contributed by atoms with Gasteiger partial charge in [-0.05, 0) is 55.0 Å². The number of hydrogen-bond donors (Lipinski definition) is 2. The van der Waals surface area contributed by atoms with E-state index in [0.29, 0.717) is 28.7 Å². The molecular formula is C24H22Cl2N2O4. The number of ether oxygens (including phenoxy) is 2. The van der Waals surface area contributed by atoms with Crippen molar-refractivity contribution < 1.29 is 19.1 Å². The van der Waals surface area contributed by atoms with Crippen LogP contribution in [0.1, 0.15) is 22.8 Å². The van der Waals surface area contributed by atoms with E-state index in [1.54, 1.807) is 36.4 Å². The fraction of sp³-hybridized carbons (Fsp3) is 0.167. The number of carbonyl (C=O) groups excluding carboxylic acids is 2. The second kappa shape index (κ2) is 11.4. The molecule has 8 heteroatoms. The summed E-state index contributed by atoms with van der Waals surface area (Å²) in [7, 11) is 0. The van der Waals surface area contributed by atoms with Gasteiger partial charge >= 0.3 is 0 Å². The minimum atomic E-state index is -0.894. The molecule has 0 aromatic heterocycles. The largest absolute Gasteiger partial charge is 0.493 e. The molecule has 0 heterocycles. The predicted molar refractivity (Wildman–Crippen MR) is 124 cm³/mol. The monoisotopic (exact) mass is 472 g/mol. The minimum Gasteiger partial charge on any atom is -0.493 e. The van der Waals surface area contributed by atoms with Crippen LogP contribution in [0.4, 0.5) is 0 Å². The van der Waals surface area contributed by atoms with Crippen LogP contribution in [-0.2, 0) is 11.2 Å². The zero-order chi connectivity index (χ0) is 22.9. The van der Waals surface area contributed by atoms with Gasteiger partial charge in [0, 0.05) is 17.0 Å². The zero-order valence-electron chi connectivity index (χ0n) is 17.3. The predicted octanol–water partition coefficient (Wildman–Crippen LogP) is 4.84. The van der Waals surface area contributed by atoms with E-state index >= 15 is 0 Å². The van der Waals surface area contributed by atoms with Crippen molar-refractivity contribution in [2.45, 2.75) is 19.4 Å². The average molecular weight is 473 g/mol. The molecule has 2 amide bonds. The first-order valence-electron chi connectivity index (χ1n) is 9.91. The van der Waals surface area contributed by atoms with Crippen LogP contribution in [-0.4, -0.2) is 24.5 Å². The second-order valence-corrected chi connectivity index (χ2v) is 7.73. The highest BCUT2D eigenvalue weighted by Crippen LogP contribution is 2.28. The molecule has 1 atom stereocenters. The van der Waals surface area contributed by atoms with Crippen molar-refractivity contribution >= 4 is 35.0 Å². The van der Waals surface area contributed by atoms with Crippen molar-refractivity contribution in [1.82, 2.24) is 10.9 Å². The van der Waals surface area contributed by atoms with Crippen molar-refractivity contribution in [2.24, 2.45) is 0 Å². The molecule has 2 N–H and O–H groups in total. The third-order valence-corrected chi connectivity index (χ3v) is 5.02. The highest BCUT2D eigenvalue weighted by Gasteiger charge is 2.17. The third kappa shape index (κ3) is 6.90. The van der Waals surface area contributed by atoms with Crippen LogP contribution in [0.2, 0.25) is 10.0 Å². The third-order valence-electron chi connectivity index (χ3n) is 4.48. The van der Waals surface area contributed by atoms with Crippen molar-refractivity contribution in [3.05, 3.63) is 94.0 Å². The summed E-state index contributed by atoms with van der Waals surface area (Å²) in [4.78, 5) is 24.5. The minimum absolute atomic E-state index is 0.285. The van der Waals surface area contributed by atoms with E-state index in [1.807, 2.05) is 30.3 Å². The lowest BCUT2D eigenvalue weighted by molar-refractivity contribution is -0.128. The van der Waals surface area contributed by atoms with Crippen LogP contribution in [0.15, 0.2) is 72.8 Å². The first-order chi connectivity index (χ1) is 15.4. The van der Waals surface area contributed by atoms with Crippen LogP contribution in [0.3, 0.4) is 0 Å². The molecule has 0 aliphatic carbocycles. The summed E-state index contributed by atoms with van der Waals surface area (Å²) in [5.74, 6) is -0.0348. The van der Waals surface area contributed by atoms with Crippen LogP contribution < -0.4 is 20.3 Å². The van der Waals surface area contributed by atoms with Gasteiger partial charge in [0.2, 0.25) is 0 Å². The zero-order valence-corrected chi connectivity index (χ0v) is 18.8. The van der Waals surface area contributed by atoms with Crippen LogP contribution >= 0.6 is 23.2 Å². The summed E-state index contributed by atoms with van der Waals surface area (Å²) in [5.41, 5.74) is 6.26. The van der Waals surface area contributed by atoms with Crippen molar-refractivity contribution in [2.75, 3.05) is 6.61 Å². The van der Waals surface area contributed by atoms with Gasteiger partial charge in [-0.25, -0.2) is 0 Å². The number of hydrogen-bond acceptors (Lipinski definition) is 4. The second-order valence-electron chi connectivity index (χ2n) is 6.89. The maximum Gasteiger partial charge on any atom is 0.279 e. The van der Waals surface area contributed by atoms with Gasteiger partial charge in [0.15, 0.2) is 6.10 Å². The lowest BCUT2D eigenvalue weighted by atomic mass is 10.2. The Morgan fingerprint density at radius 1 is 0.938 bits per heavy atom. The number of benzene rings is 3. The van der Waals surface area contributed by atoms with E-state index < -0.39 is 17.9 Å². The van der Waals surface area contributed by atoms with E-state index in [2.05, 4.69) is 10.9 Å². The standard InChI is InChI=1S/C24H22Cl2N2O4/c1-16(32-22-12-9-19(25)15-21(22)26)23(29)27-28-24(30)18-7-10-20(11-8-18)31-14-13-17-5-3-2-4-6-17/h2-12,15-16H,13-14H2,1H3,(H,27,29)(H,28,30). The molecule has 0 aliphatic rings. The summed E-state index contributed by atoms with van der Waals surface area (Å²) in [6.45, 7) is 2.06. The van der Waals surface area contributed by atoms with Crippen molar-refractivity contribution in [3.63, 3.8) is 0 Å². The summed E-state index contributed by atoms with van der Waals surface area (Å²) in [6.07, 6.45) is -0.106. The maximum absolute atomic E-state index is 12.3. The number of nitrogens with one attached hydrogen (secondary N) is 2. The molecule has 6 nitrogen and oxygen atoms in total. The first-order valence-corrected chi connectivity index (χ1v) is 10.7. The van der Waals surface area contributed by atoms with E-state index in [-0.39, 0.29) is 5.02 Å². The Hall–Kier alpha value is -3.22. The Labute approximate surface area is 196 Å². The molecule has 0 bridgehead atoms. The van der Waals surface area contributed by atoms with Gasteiger partial charge in [0.25, 0.3) is 11.8 Å². The molecule has 1 unspecified atom stereocenters. The van der Waals surface area contributed by atoms with Crippen molar-refractivity contribution in [1.29, 1.82) is 0 Å². The van der Waals surface area contributed by atoms with E-state index in [0.717, 1.165) is 6.42 Å². The summed E-state index contributed by atoms with van der Waals surface area (Å²) >= 11 is 11.9. The highest BCUT2D eigenvalue weighted by atomic mass is 35.5. The Morgan fingerprint density at radius 2 is 1.66 bits per heavy atom. The maximum atomic E-state index is 12.3. The van der Waals surface area contributed by atoms with Gasteiger partial charge in [0.05, 0.1) is 11.6 Å². The van der Waals surface area contributed by atoms with Crippen LogP contribution in [0.5, 0.6) is 11.5 Å². The number of rotatable bonds is 8. The molecular weight excluding hydrogens is 451 g/mol. The lowest BCUT2D eigenvalue weighted by Gasteiger charge is -2.16. The van der Waals surface area contributed by atoms with Gasteiger partial charge in [-0.1, -0.05) is 53.5 Å². The van der Waals surface area contributed by atoms with E-state index in [9.17, 15) is 9.59 Å². The summed E-state index contributed by atoms with van der Waals surface area (Å²) < 4.78 is 11.2. The quantitative estimate of drug-likeness (QED) is 0.459. The number of hydrazine groups is 1. The number of halogens is 2. The molecule has 0 aliphatic heterocycles. The lowest BCUT2D eigenvalue weighted by Crippen LogP contribution is -2.47. The van der Waals surface area contributed by atoms with Gasteiger partial charge in [-0.2, -0.15) is 0 Å². The Bertz CT molecular complexity index is 1060. The van der Waals surface area contributed by atoms with E-state index in [1.165, 1.54) is 18.6 Å². The smallest absolute Gasteiger partial charge is 0.279 e. The molecule has 166 valence electrons. The Morgan fingerprint density at radius 3 is 2.34 bits per heavy atom. The van der Waals surface area contributed by atoms with Gasteiger partial charge < -0.3 is 9.47 Å². The van der Waals surface area contributed by atoms with E-state index in [4.69, 9.17) is 32.7 Å². The van der Waals surface area contributed by atoms with Gasteiger partial charge in [-0.3, -0.25) is 20.4 Å². The molecule has 3 rings (SSSR count). The molecule has 0 fully saturated rings. The van der Waals surface area contributed by atoms with Crippen molar-refractivity contribution in [3.8, 4) is 11.5 Å². The molecule has 3 aromatic carbocycles.